The van der Waals surface area contributed by atoms with Gasteiger partial charge in [-0.05, 0) is 42.7 Å². The van der Waals surface area contributed by atoms with E-state index in [9.17, 15) is 9.59 Å². The third-order valence-corrected chi connectivity index (χ3v) is 5.37. The molecule has 2 aromatic carbocycles. The van der Waals surface area contributed by atoms with E-state index in [-0.39, 0.29) is 17.4 Å². The highest BCUT2D eigenvalue weighted by Gasteiger charge is 2.29. The second kappa shape index (κ2) is 7.84. The Morgan fingerprint density at radius 3 is 2.75 bits per heavy atom. The SMILES string of the molecule is COc1ccc([C@@H]2CCCN2C(=O)CCn2ncc(=O)c3ccccc32)cc1. The lowest BCUT2D eigenvalue weighted by Crippen LogP contribution is -2.31. The van der Waals surface area contributed by atoms with E-state index in [1.165, 1.54) is 6.20 Å². The summed E-state index contributed by atoms with van der Waals surface area (Å²) < 4.78 is 6.97. The molecule has 28 heavy (non-hydrogen) atoms. The van der Waals surface area contributed by atoms with Crippen LogP contribution in [0.25, 0.3) is 10.9 Å². The second-order valence-electron chi connectivity index (χ2n) is 7.02. The van der Waals surface area contributed by atoms with Crippen molar-refractivity contribution in [1.82, 2.24) is 14.7 Å². The maximum atomic E-state index is 12.9. The van der Waals surface area contributed by atoms with E-state index >= 15 is 0 Å². The van der Waals surface area contributed by atoms with Gasteiger partial charge in [0.05, 0.1) is 31.4 Å². The van der Waals surface area contributed by atoms with Gasteiger partial charge >= 0.3 is 0 Å². The summed E-state index contributed by atoms with van der Waals surface area (Å²) in [6.45, 7) is 1.22. The van der Waals surface area contributed by atoms with Crippen molar-refractivity contribution in [2.24, 2.45) is 0 Å². The molecule has 4 rings (SSSR count). The molecule has 1 fully saturated rings. The number of aryl methyl sites for hydroxylation is 1. The van der Waals surface area contributed by atoms with Gasteiger partial charge in [0, 0.05) is 18.4 Å². The molecule has 0 radical (unpaired) electrons. The number of aromatic nitrogens is 2. The Balaban J connectivity index is 1.49. The van der Waals surface area contributed by atoms with E-state index in [1.807, 2.05) is 47.4 Å². The number of hydrogen-bond donors (Lipinski definition) is 0. The van der Waals surface area contributed by atoms with E-state index in [2.05, 4.69) is 5.10 Å². The molecule has 1 aromatic heterocycles. The van der Waals surface area contributed by atoms with Crippen LogP contribution < -0.4 is 10.2 Å². The van der Waals surface area contributed by atoms with Crippen LogP contribution in [0.15, 0.2) is 59.5 Å². The van der Waals surface area contributed by atoms with Gasteiger partial charge in [0.25, 0.3) is 0 Å². The van der Waals surface area contributed by atoms with Gasteiger partial charge < -0.3 is 9.64 Å². The fourth-order valence-electron chi connectivity index (χ4n) is 3.92. The number of benzene rings is 2. The maximum Gasteiger partial charge on any atom is 0.224 e. The molecule has 0 bridgehead atoms. The number of methoxy groups -OCH3 is 1. The summed E-state index contributed by atoms with van der Waals surface area (Å²) in [5, 5.41) is 4.85. The van der Waals surface area contributed by atoms with Gasteiger partial charge in [-0.3, -0.25) is 14.3 Å². The van der Waals surface area contributed by atoms with Gasteiger partial charge in [0.15, 0.2) is 0 Å². The quantitative estimate of drug-likeness (QED) is 0.685. The molecule has 1 aliphatic rings. The van der Waals surface area contributed by atoms with Gasteiger partial charge in [-0.2, -0.15) is 5.10 Å². The molecule has 1 aliphatic heterocycles. The first-order valence-corrected chi connectivity index (χ1v) is 9.55. The van der Waals surface area contributed by atoms with Gasteiger partial charge in [0.2, 0.25) is 11.3 Å². The van der Waals surface area contributed by atoms with E-state index in [0.717, 1.165) is 36.2 Å². The lowest BCUT2D eigenvalue weighted by Gasteiger charge is -2.25. The van der Waals surface area contributed by atoms with Crippen molar-refractivity contribution in [3.8, 4) is 5.75 Å². The molecule has 2 heterocycles. The van der Waals surface area contributed by atoms with Crippen molar-refractivity contribution in [3.05, 3.63) is 70.5 Å². The van der Waals surface area contributed by atoms with E-state index in [0.29, 0.717) is 18.4 Å². The fourth-order valence-corrected chi connectivity index (χ4v) is 3.92. The second-order valence-corrected chi connectivity index (χ2v) is 7.02. The first-order valence-electron chi connectivity index (χ1n) is 9.55. The van der Waals surface area contributed by atoms with Crippen LogP contribution in [-0.4, -0.2) is 34.2 Å². The minimum Gasteiger partial charge on any atom is -0.497 e. The molecule has 3 aromatic rings. The Labute approximate surface area is 163 Å². The van der Waals surface area contributed by atoms with Crippen molar-refractivity contribution in [1.29, 1.82) is 0 Å². The van der Waals surface area contributed by atoms with E-state index in [1.54, 1.807) is 17.9 Å². The summed E-state index contributed by atoms with van der Waals surface area (Å²) >= 11 is 0. The summed E-state index contributed by atoms with van der Waals surface area (Å²) in [6.07, 6.45) is 3.65. The summed E-state index contributed by atoms with van der Waals surface area (Å²) in [6, 6.07) is 15.4. The number of nitrogens with zero attached hydrogens (tertiary/aromatic N) is 3. The van der Waals surface area contributed by atoms with Crippen LogP contribution >= 0.6 is 0 Å². The number of hydrogen-bond acceptors (Lipinski definition) is 4. The highest BCUT2D eigenvalue weighted by atomic mass is 16.5. The average molecular weight is 377 g/mol. The van der Waals surface area contributed by atoms with E-state index in [4.69, 9.17) is 4.74 Å². The smallest absolute Gasteiger partial charge is 0.224 e. The molecular formula is C22H23N3O3. The van der Waals surface area contributed by atoms with Crippen LogP contribution in [0.1, 0.15) is 30.9 Å². The predicted octanol–water partition coefficient (Wildman–Crippen LogP) is 3.16. The molecule has 0 N–H and O–H groups in total. The standard InChI is InChI=1S/C22H23N3O3/c1-28-17-10-8-16(9-11-17)19-7-4-13-24(19)22(27)12-14-25-20-6-3-2-5-18(20)21(26)15-23-25/h2-3,5-6,8-11,15,19H,4,7,12-14H2,1H3/t19-/m0/s1. The zero-order valence-corrected chi connectivity index (χ0v) is 15.9. The van der Waals surface area contributed by atoms with E-state index < -0.39 is 0 Å². The lowest BCUT2D eigenvalue weighted by molar-refractivity contribution is -0.132. The average Bonchev–Trinajstić information content (AvgIpc) is 3.23. The van der Waals surface area contributed by atoms with Gasteiger partial charge in [-0.25, -0.2) is 0 Å². The molecular weight excluding hydrogens is 354 g/mol. The topological polar surface area (TPSA) is 64.4 Å². The van der Waals surface area contributed by atoms with Crippen molar-refractivity contribution in [3.63, 3.8) is 0 Å². The van der Waals surface area contributed by atoms with Crippen molar-refractivity contribution >= 4 is 16.8 Å². The van der Waals surface area contributed by atoms with Crippen LogP contribution in [0.2, 0.25) is 0 Å². The summed E-state index contributed by atoms with van der Waals surface area (Å²) in [5.74, 6) is 0.929. The molecule has 0 unspecified atom stereocenters. The number of amides is 1. The van der Waals surface area contributed by atoms with Crippen LogP contribution in [0.5, 0.6) is 5.75 Å². The molecule has 0 spiro atoms. The highest BCUT2D eigenvalue weighted by molar-refractivity contribution is 5.79. The number of ether oxygens (including phenoxy) is 1. The number of fused-ring (bicyclic) bond motifs is 1. The molecule has 1 amide bonds. The Hall–Kier alpha value is -3.15. The normalized spacial score (nSPS) is 16.5. The molecule has 0 saturated carbocycles. The minimum atomic E-state index is -0.0997. The van der Waals surface area contributed by atoms with Crippen molar-refractivity contribution < 1.29 is 9.53 Å². The highest BCUT2D eigenvalue weighted by Crippen LogP contribution is 2.33. The minimum absolute atomic E-state index is 0.0997. The Kier molecular flexibility index (Phi) is 5.10. The summed E-state index contributed by atoms with van der Waals surface area (Å²) in [7, 11) is 1.65. The predicted molar refractivity (Wildman–Crippen MR) is 107 cm³/mol. The lowest BCUT2D eigenvalue weighted by atomic mass is 10.0. The van der Waals surface area contributed by atoms with Crippen LogP contribution in [-0.2, 0) is 11.3 Å². The Morgan fingerprint density at radius 2 is 1.96 bits per heavy atom. The van der Waals surface area contributed by atoms with Crippen molar-refractivity contribution in [2.75, 3.05) is 13.7 Å². The largest absolute Gasteiger partial charge is 0.497 e. The van der Waals surface area contributed by atoms with Gasteiger partial charge in [-0.1, -0.05) is 24.3 Å². The number of para-hydroxylation sites is 1. The first-order chi connectivity index (χ1) is 13.7. The van der Waals surface area contributed by atoms with Gasteiger partial charge in [-0.15, -0.1) is 0 Å². The Morgan fingerprint density at radius 1 is 1.18 bits per heavy atom. The number of carbonyl (C=O) groups excluding carboxylic acids is 1. The molecule has 6 heteroatoms. The first kappa shape index (κ1) is 18.2. The Bertz CT molecular complexity index is 1040. The van der Waals surface area contributed by atoms with Crippen LogP contribution in [0, 0.1) is 0 Å². The molecule has 6 nitrogen and oxygen atoms in total. The summed E-state index contributed by atoms with van der Waals surface area (Å²) in [4.78, 5) is 26.9. The zero-order valence-electron chi connectivity index (χ0n) is 15.9. The van der Waals surface area contributed by atoms with Crippen LogP contribution in [0.4, 0.5) is 0 Å². The summed E-state index contributed by atoms with van der Waals surface area (Å²) in [5.41, 5.74) is 1.80. The van der Waals surface area contributed by atoms with Gasteiger partial charge in [0.1, 0.15) is 5.75 Å². The van der Waals surface area contributed by atoms with Crippen LogP contribution in [0.3, 0.4) is 0 Å². The molecule has 0 aliphatic carbocycles. The number of likely N-dealkylation sites (tertiary alicyclic amines) is 1. The number of carbonyl (C=O) groups is 1. The van der Waals surface area contributed by atoms with Crippen molar-refractivity contribution in [2.45, 2.75) is 31.8 Å². The monoisotopic (exact) mass is 377 g/mol. The molecule has 1 atom stereocenters. The maximum absolute atomic E-state index is 12.9. The third kappa shape index (κ3) is 3.50. The molecule has 1 saturated heterocycles. The molecule has 144 valence electrons. The zero-order chi connectivity index (χ0) is 19.5. The fraction of sp³-hybridized carbons (Fsp3) is 0.318. The third-order valence-electron chi connectivity index (χ3n) is 5.37. The number of rotatable bonds is 5.